The molecule has 0 radical (unpaired) electrons. The standard InChI is InChI=1S/C17H15NO2/c1-2-6-16(19)13-9-11-14(12-10-13)17(20)18-15-7-4-3-5-8-15/h2-12H,1H3,(H,18,20). The number of amides is 1. The maximum atomic E-state index is 12.0. The van der Waals surface area contributed by atoms with Crippen molar-refractivity contribution >= 4 is 17.4 Å². The molecule has 100 valence electrons. The molecule has 0 heterocycles. The molecule has 1 N–H and O–H groups in total. The molecule has 2 aromatic rings. The van der Waals surface area contributed by atoms with E-state index in [1.54, 1.807) is 37.3 Å². The largest absolute Gasteiger partial charge is 0.322 e. The first-order chi connectivity index (χ1) is 9.70. The number of carbonyl (C=O) groups is 2. The molecule has 2 rings (SSSR count). The Morgan fingerprint density at radius 2 is 1.50 bits per heavy atom. The molecule has 3 heteroatoms. The molecule has 3 nitrogen and oxygen atoms in total. The van der Waals surface area contributed by atoms with Gasteiger partial charge in [-0.15, -0.1) is 0 Å². The van der Waals surface area contributed by atoms with Crippen LogP contribution < -0.4 is 5.32 Å². The van der Waals surface area contributed by atoms with E-state index in [1.807, 2.05) is 30.3 Å². The number of nitrogens with one attached hydrogen (secondary N) is 1. The van der Waals surface area contributed by atoms with E-state index in [0.29, 0.717) is 11.1 Å². The molecule has 0 fully saturated rings. The Morgan fingerprint density at radius 3 is 2.10 bits per heavy atom. The van der Waals surface area contributed by atoms with Gasteiger partial charge in [0.25, 0.3) is 5.91 Å². The van der Waals surface area contributed by atoms with E-state index in [2.05, 4.69) is 5.32 Å². The monoisotopic (exact) mass is 265 g/mol. The van der Waals surface area contributed by atoms with Gasteiger partial charge in [-0.25, -0.2) is 0 Å². The van der Waals surface area contributed by atoms with Gasteiger partial charge in [-0.05, 0) is 37.3 Å². The second-order valence-corrected chi connectivity index (χ2v) is 4.26. The Morgan fingerprint density at radius 1 is 0.900 bits per heavy atom. The third-order valence-corrected chi connectivity index (χ3v) is 2.78. The summed E-state index contributed by atoms with van der Waals surface area (Å²) in [6.45, 7) is 1.79. The molecule has 0 saturated carbocycles. The summed E-state index contributed by atoms with van der Waals surface area (Å²) in [4.78, 5) is 23.6. The zero-order chi connectivity index (χ0) is 14.4. The fourth-order valence-corrected chi connectivity index (χ4v) is 1.76. The van der Waals surface area contributed by atoms with Crippen LogP contribution in [0, 0.1) is 0 Å². The van der Waals surface area contributed by atoms with Crippen molar-refractivity contribution < 1.29 is 9.59 Å². The molecule has 0 aliphatic heterocycles. The molecule has 0 unspecified atom stereocenters. The van der Waals surface area contributed by atoms with Crippen molar-refractivity contribution in [3.8, 4) is 0 Å². The van der Waals surface area contributed by atoms with Crippen LogP contribution in [-0.4, -0.2) is 11.7 Å². The van der Waals surface area contributed by atoms with Crippen LogP contribution in [0.5, 0.6) is 0 Å². The molecule has 0 atom stereocenters. The SMILES string of the molecule is CC=CC(=O)c1ccc(C(=O)Nc2ccccc2)cc1. The van der Waals surface area contributed by atoms with Gasteiger partial charge in [-0.3, -0.25) is 9.59 Å². The first kappa shape index (κ1) is 13.7. The fraction of sp³-hybridized carbons (Fsp3) is 0.0588. The highest BCUT2D eigenvalue weighted by atomic mass is 16.1. The van der Waals surface area contributed by atoms with Crippen LogP contribution >= 0.6 is 0 Å². The van der Waals surface area contributed by atoms with Crippen LogP contribution in [0.15, 0.2) is 66.7 Å². The minimum absolute atomic E-state index is 0.0671. The number of hydrogen-bond acceptors (Lipinski definition) is 2. The molecule has 2 aromatic carbocycles. The van der Waals surface area contributed by atoms with Crippen LogP contribution in [0.2, 0.25) is 0 Å². The molecule has 0 aromatic heterocycles. The van der Waals surface area contributed by atoms with Gasteiger partial charge in [0, 0.05) is 16.8 Å². The van der Waals surface area contributed by atoms with Gasteiger partial charge in [-0.1, -0.05) is 36.4 Å². The maximum Gasteiger partial charge on any atom is 0.255 e. The van der Waals surface area contributed by atoms with Gasteiger partial charge in [0.2, 0.25) is 0 Å². The Balaban J connectivity index is 2.10. The molecular weight excluding hydrogens is 250 g/mol. The number of anilines is 1. The lowest BCUT2D eigenvalue weighted by molar-refractivity contribution is 0.102. The predicted molar refractivity (Wildman–Crippen MR) is 80.0 cm³/mol. The van der Waals surface area contributed by atoms with Crippen molar-refractivity contribution in [2.75, 3.05) is 5.32 Å². The minimum Gasteiger partial charge on any atom is -0.322 e. The van der Waals surface area contributed by atoms with Gasteiger partial charge in [0.15, 0.2) is 5.78 Å². The second kappa shape index (κ2) is 6.48. The summed E-state index contributed by atoms with van der Waals surface area (Å²) < 4.78 is 0. The first-order valence-electron chi connectivity index (χ1n) is 6.34. The number of para-hydroxylation sites is 1. The minimum atomic E-state index is -0.193. The highest BCUT2D eigenvalue weighted by Crippen LogP contribution is 2.10. The Bertz CT molecular complexity index is 628. The van der Waals surface area contributed by atoms with Crippen LogP contribution in [0.4, 0.5) is 5.69 Å². The summed E-state index contributed by atoms with van der Waals surface area (Å²) >= 11 is 0. The smallest absolute Gasteiger partial charge is 0.255 e. The molecule has 0 bridgehead atoms. The Labute approximate surface area is 117 Å². The topological polar surface area (TPSA) is 46.2 Å². The van der Waals surface area contributed by atoms with Crippen LogP contribution in [0.1, 0.15) is 27.6 Å². The maximum absolute atomic E-state index is 12.0. The average Bonchev–Trinajstić information content (AvgIpc) is 2.48. The molecular formula is C17H15NO2. The number of carbonyl (C=O) groups excluding carboxylic acids is 2. The molecule has 0 saturated heterocycles. The lowest BCUT2D eigenvalue weighted by Gasteiger charge is -2.05. The predicted octanol–water partition coefficient (Wildman–Crippen LogP) is 3.70. The number of rotatable bonds is 4. The normalized spacial score (nSPS) is 10.4. The van der Waals surface area contributed by atoms with Gasteiger partial charge in [0.05, 0.1) is 0 Å². The zero-order valence-corrected chi connectivity index (χ0v) is 11.2. The number of benzene rings is 2. The molecule has 20 heavy (non-hydrogen) atoms. The van der Waals surface area contributed by atoms with Crippen molar-refractivity contribution in [1.29, 1.82) is 0 Å². The summed E-state index contributed by atoms with van der Waals surface area (Å²) in [5.41, 5.74) is 1.83. The van der Waals surface area contributed by atoms with Crippen LogP contribution in [-0.2, 0) is 0 Å². The van der Waals surface area contributed by atoms with Gasteiger partial charge in [-0.2, -0.15) is 0 Å². The van der Waals surface area contributed by atoms with Gasteiger partial charge >= 0.3 is 0 Å². The number of allylic oxidation sites excluding steroid dienone is 2. The van der Waals surface area contributed by atoms with Crippen molar-refractivity contribution in [3.63, 3.8) is 0 Å². The van der Waals surface area contributed by atoms with E-state index >= 15 is 0 Å². The highest BCUT2D eigenvalue weighted by molar-refractivity contribution is 6.07. The van der Waals surface area contributed by atoms with E-state index in [-0.39, 0.29) is 11.7 Å². The quantitative estimate of drug-likeness (QED) is 0.676. The van der Waals surface area contributed by atoms with Crippen molar-refractivity contribution in [2.24, 2.45) is 0 Å². The Kier molecular flexibility index (Phi) is 4.45. The van der Waals surface area contributed by atoms with Crippen molar-refractivity contribution in [2.45, 2.75) is 6.92 Å². The number of hydrogen-bond donors (Lipinski definition) is 1. The summed E-state index contributed by atoms with van der Waals surface area (Å²) in [7, 11) is 0. The van der Waals surface area contributed by atoms with Gasteiger partial charge < -0.3 is 5.32 Å². The summed E-state index contributed by atoms with van der Waals surface area (Å²) in [6.07, 6.45) is 3.19. The zero-order valence-electron chi connectivity index (χ0n) is 11.2. The van der Waals surface area contributed by atoms with Crippen LogP contribution in [0.3, 0.4) is 0 Å². The third-order valence-electron chi connectivity index (χ3n) is 2.78. The van der Waals surface area contributed by atoms with E-state index < -0.39 is 0 Å². The first-order valence-corrected chi connectivity index (χ1v) is 6.34. The number of ketones is 1. The van der Waals surface area contributed by atoms with E-state index in [1.165, 1.54) is 6.08 Å². The average molecular weight is 265 g/mol. The molecule has 0 spiro atoms. The van der Waals surface area contributed by atoms with E-state index in [0.717, 1.165) is 5.69 Å². The molecule has 1 amide bonds. The second-order valence-electron chi connectivity index (χ2n) is 4.26. The summed E-state index contributed by atoms with van der Waals surface area (Å²) in [6, 6.07) is 15.8. The van der Waals surface area contributed by atoms with Crippen molar-refractivity contribution in [3.05, 3.63) is 77.9 Å². The summed E-state index contributed by atoms with van der Waals surface area (Å²) in [5, 5.41) is 2.79. The lowest BCUT2D eigenvalue weighted by atomic mass is 10.1. The summed E-state index contributed by atoms with van der Waals surface area (Å²) in [5.74, 6) is -0.260. The fourth-order valence-electron chi connectivity index (χ4n) is 1.76. The Hall–Kier alpha value is -2.68. The van der Waals surface area contributed by atoms with E-state index in [4.69, 9.17) is 0 Å². The highest BCUT2D eigenvalue weighted by Gasteiger charge is 2.07. The van der Waals surface area contributed by atoms with Crippen molar-refractivity contribution in [1.82, 2.24) is 0 Å². The lowest BCUT2D eigenvalue weighted by Crippen LogP contribution is -2.11. The van der Waals surface area contributed by atoms with Crippen LogP contribution in [0.25, 0.3) is 0 Å². The third kappa shape index (κ3) is 3.42. The molecule has 0 aliphatic rings. The van der Waals surface area contributed by atoms with Gasteiger partial charge in [0.1, 0.15) is 0 Å². The van der Waals surface area contributed by atoms with E-state index in [9.17, 15) is 9.59 Å². The molecule has 0 aliphatic carbocycles.